The maximum Gasteiger partial charge on any atom is 0.257 e. The second-order valence-electron chi connectivity index (χ2n) is 6.68. The zero-order chi connectivity index (χ0) is 19.0. The highest BCUT2D eigenvalue weighted by molar-refractivity contribution is 6.31. The number of carbonyl (C=O) groups excluding carboxylic acids is 2. The highest BCUT2D eigenvalue weighted by Crippen LogP contribution is 2.28. The van der Waals surface area contributed by atoms with E-state index in [0.29, 0.717) is 36.0 Å². The predicted octanol–water partition coefficient (Wildman–Crippen LogP) is 3.02. The molecule has 1 amide bonds. The van der Waals surface area contributed by atoms with Gasteiger partial charge in [-0.25, -0.2) is 4.39 Å². The van der Waals surface area contributed by atoms with Gasteiger partial charge < -0.3 is 14.4 Å². The molecule has 0 aliphatic carbocycles. The van der Waals surface area contributed by atoms with Gasteiger partial charge in [0.25, 0.3) is 5.91 Å². The Balaban J connectivity index is 1.37. The molecule has 1 fully saturated rings. The molecule has 0 unspecified atom stereocenters. The Bertz CT molecular complexity index is 911. The molecule has 27 heavy (non-hydrogen) atoms. The molecule has 0 saturated carbocycles. The highest BCUT2D eigenvalue weighted by atomic mass is 35.5. The van der Waals surface area contributed by atoms with E-state index >= 15 is 0 Å². The quantitative estimate of drug-likeness (QED) is 0.806. The minimum absolute atomic E-state index is 0.0448. The first-order valence-electron chi connectivity index (χ1n) is 8.62. The fourth-order valence-electron chi connectivity index (χ4n) is 3.16. The molecule has 7 heteroatoms. The topological polar surface area (TPSA) is 55.8 Å². The van der Waals surface area contributed by atoms with Crippen LogP contribution in [0, 0.1) is 5.82 Å². The molecule has 4 rings (SSSR count). The number of Topliss-reactive ketones (excluding diaryl/α,β-unsaturated/α-hetero) is 1. The van der Waals surface area contributed by atoms with Crippen molar-refractivity contribution in [3.05, 3.63) is 63.9 Å². The van der Waals surface area contributed by atoms with Gasteiger partial charge in [-0.2, -0.15) is 0 Å². The summed E-state index contributed by atoms with van der Waals surface area (Å²) in [6, 6.07) is 10.0. The van der Waals surface area contributed by atoms with Crippen LogP contribution in [0.25, 0.3) is 0 Å². The first-order valence-corrected chi connectivity index (χ1v) is 9.00. The molecule has 0 bridgehead atoms. The zero-order valence-corrected chi connectivity index (χ0v) is 15.2. The third-order valence-corrected chi connectivity index (χ3v) is 5.09. The second-order valence-corrected chi connectivity index (χ2v) is 7.09. The molecule has 0 radical (unpaired) electrons. The van der Waals surface area contributed by atoms with Crippen LogP contribution in [0.15, 0.2) is 36.4 Å². The number of fused-ring (bicyclic) bond motifs is 1. The Morgan fingerprint density at radius 1 is 1.30 bits per heavy atom. The van der Waals surface area contributed by atoms with Crippen LogP contribution in [0.1, 0.15) is 21.5 Å². The molecule has 0 aromatic heterocycles. The van der Waals surface area contributed by atoms with Gasteiger partial charge in [-0.1, -0.05) is 29.8 Å². The van der Waals surface area contributed by atoms with Crippen molar-refractivity contribution in [3.8, 4) is 5.75 Å². The van der Waals surface area contributed by atoms with Crippen molar-refractivity contribution < 1.29 is 23.5 Å². The molecule has 2 aromatic carbocycles. The number of benzene rings is 2. The van der Waals surface area contributed by atoms with E-state index in [4.69, 9.17) is 21.1 Å². The van der Waals surface area contributed by atoms with Crippen molar-refractivity contribution in [1.82, 2.24) is 4.90 Å². The number of hydrogen-bond donors (Lipinski definition) is 0. The normalized spacial score (nSPS) is 16.5. The van der Waals surface area contributed by atoms with Crippen LogP contribution in [-0.4, -0.2) is 42.4 Å². The van der Waals surface area contributed by atoms with Crippen molar-refractivity contribution in [2.45, 2.75) is 19.1 Å². The van der Waals surface area contributed by atoms with Gasteiger partial charge in [-0.05, 0) is 17.7 Å². The molecule has 2 aliphatic rings. The second kappa shape index (κ2) is 7.29. The lowest BCUT2D eigenvalue weighted by molar-refractivity contribution is -0.121. The number of rotatable bonds is 4. The zero-order valence-electron chi connectivity index (χ0n) is 14.4. The van der Waals surface area contributed by atoms with Crippen molar-refractivity contribution in [2.24, 2.45) is 0 Å². The van der Waals surface area contributed by atoms with Crippen LogP contribution >= 0.6 is 11.6 Å². The van der Waals surface area contributed by atoms with Crippen LogP contribution in [0.3, 0.4) is 0 Å². The molecule has 2 aromatic rings. The molecule has 0 N–H and O–H groups in total. The fourth-order valence-corrected chi connectivity index (χ4v) is 3.35. The summed E-state index contributed by atoms with van der Waals surface area (Å²) in [5.74, 6) is -0.822. The number of hydrogen-bond acceptors (Lipinski definition) is 4. The standard InChI is InChI=1S/C20H17ClFNO4/c21-17-4-2-1-3-12(17)10-26-15-8-23(9-15)20(25)16-6-13-5-14(24)11-27-19(13)7-18(16)22/h1-4,6-7,15H,5,8-11H2. The first-order chi connectivity index (χ1) is 13.0. The maximum atomic E-state index is 14.3. The Morgan fingerprint density at radius 2 is 2.07 bits per heavy atom. The summed E-state index contributed by atoms with van der Waals surface area (Å²) in [7, 11) is 0. The van der Waals surface area contributed by atoms with Crippen LogP contribution in [-0.2, 0) is 22.6 Å². The largest absolute Gasteiger partial charge is 0.485 e. The average Bonchev–Trinajstić information content (AvgIpc) is 2.61. The number of carbonyl (C=O) groups is 2. The summed E-state index contributed by atoms with van der Waals surface area (Å²) in [5.41, 5.74) is 1.38. The number of amides is 1. The SMILES string of the molecule is O=C1COc2cc(F)c(C(=O)N3CC(OCc4ccccc4Cl)C3)cc2C1. The molecule has 0 spiro atoms. The number of likely N-dealkylation sites (tertiary alicyclic amines) is 1. The van der Waals surface area contributed by atoms with Gasteiger partial charge in [0.1, 0.15) is 18.2 Å². The van der Waals surface area contributed by atoms with E-state index in [0.717, 1.165) is 5.56 Å². The summed E-state index contributed by atoms with van der Waals surface area (Å²) in [6.45, 7) is 1.07. The third-order valence-electron chi connectivity index (χ3n) is 4.72. The van der Waals surface area contributed by atoms with Crippen LogP contribution in [0.2, 0.25) is 5.02 Å². The Morgan fingerprint density at radius 3 is 2.85 bits per heavy atom. The van der Waals surface area contributed by atoms with Gasteiger partial charge in [0.2, 0.25) is 0 Å². The number of halogens is 2. The van der Waals surface area contributed by atoms with Gasteiger partial charge in [0.15, 0.2) is 5.78 Å². The average molecular weight is 390 g/mol. The highest BCUT2D eigenvalue weighted by Gasteiger charge is 2.34. The smallest absolute Gasteiger partial charge is 0.257 e. The van der Waals surface area contributed by atoms with Crippen molar-refractivity contribution >= 4 is 23.3 Å². The van der Waals surface area contributed by atoms with E-state index in [1.807, 2.05) is 18.2 Å². The van der Waals surface area contributed by atoms with E-state index in [2.05, 4.69) is 0 Å². The summed E-state index contributed by atoms with van der Waals surface area (Å²) in [4.78, 5) is 25.6. The van der Waals surface area contributed by atoms with Gasteiger partial charge in [-0.3, -0.25) is 9.59 Å². The predicted molar refractivity (Wildman–Crippen MR) is 96.5 cm³/mol. The maximum absolute atomic E-state index is 14.3. The lowest BCUT2D eigenvalue weighted by Crippen LogP contribution is -2.54. The van der Waals surface area contributed by atoms with E-state index in [-0.39, 0.29) is 30.5 Å². The van der Waals surface area contributed by atoms with Crippen molar-refractivity contribution in [1.29, 1.82) is 0 Å². The number of ketones is 1. The minimum Gasteiger partial charge on any atom is -0.485 e. The van der Waals surface area contributed by atoms with E-state index in [1.54, 1.807) is 6.07 Å². The molecule has 140 valence electrons. The fraction of sp³-hybridized carbons (Fsp3) is 0.300. The lowest BCUT2D eigenvalue weighted by Gasteiger charge is -2.39. The van der Waals surface area contributed by atoms with Crippen molar-refractivity contribution in [3.63, 3.8) is 0 Å². The van der Waals surface area contributed by atoms with Gasteiger partial charge in [0, 0.05) is 36.2 Å². The molecular formula is C20H17ClFNO4. The molecule has 2 heterocycles. The Hall–Kier alpha value is -2.44. The van der Waals surface area contributed by atoms with E-state index < -0.39 is 11.7 Å². The Labute approximate surface area is 160 Å². The third kappa shape index (κ3) is 3.68. The minimum atomic E-state index is -0.645. The summed E-state index contributed by atoms with van der Waals surface area (Å²) < 4.78 is 25.3. The van der Waals surface area contributed by atoms with Crippen LogP contribution < -0.4 is 4.74 Å². The molecule has 2 aliphatic heterocycles. The summed E-state index contributed by atoms with van der Waals surface area (Å²) >= 11 is 6.09. The number of ether oxygens (including phenoxy) is 2. The molecule has 5 nitrogen and oxygen atoms in total. The molecule has 1 saturated heterocycles. The molecular weight excluding hydrogens is 373 g/mol. The van der Waals surface area contributed by atoms with E-state index in [1.165, 1.54) is 17.0 Å². The lowest BCUT2D eigenvalue weighted by atomic mass is 10.0. The number of nitrogens with zero attached hydrogens (tertiary/aromatic N) is 1. The van der Waals surface area contributed by atoms with Gasteiger partial charge in [-0.15, -0.1) is 0 Å². The summed E-state index contributed by atoms with van der Waals surface area (Å²) in [5, 5.41) is 0.637. The molecule has 0 atom stereocenters. The Kier molecular flexibility index (Phi) is 4.85. The van der Waals surface area contributed by atoms with Crippen LogP contribution in [0.5, 0.6) is 5.75 Å². The first kappa shape index (κ1) is 17.9. The van der Waals surface area contributed by atoms with Crippen molar-refractivity contribution in [2.75, 3.05) is 19.7 Å². The summed E-state index contributed by atoms with van der Waals surface area (Å²) in [6.07, 6.45) is 0.0373. The van der Waals surface area contributed by atoms with Crippen LogP contribution in [0.4, 0.5) is 4.39 Å². The monoisotopic (exact) mass is 389 g/mol. The van der Waals surface area contributed by atoms with E-state index in [9.17, 15) is 14.0 Å². The van der Waals surface area contributed by atoms with Gasteiger partial charge >= 0.3 is 0 Å². The van der Waals surface area contributed by atoms with Gasteiger partial charge in [0.05, 0.1) is 18.3 Å².